The van der Waals surface area contributed by atoms with Crippen LogP contribution in [0.15, 0.2) is 18.2 Å². The number of ether oxygens (including phenoxy) is 3. The van der Waals surface area contributed by atoms with E-state index < -0.39 is 6.09 Å². The molecule has 1 aromatic carbocycles. The van der Waals surface area contributed by atoms with Crippen LogP contribution in [0.3, 0.4) is 0 Å². The van der Waals surface area contributed by atoms with Crippen molar-refractivity contribution in [2.75, 3.05) is 20.3 Å². The van der Waals surface area contributed by atoms with Crippen LogP contribution in [0, 0.1) is 0 Å². The number of carbonyl (C=O) groups is 1. The Morgan fingerprint density at radius 2 is 2.39 bits per heavy atom. The molecule has 0 radical (unpaired) electrons. The molecule has 1 amide bonds. The zero-order chi connectivity index (χ0) is 13.0. The lowest BCUT2D eigenvalue weighted by molar-refractivity contribution is 0.104. The van der Waals surface area contributed by atoms with E-state index in [9.17, 15) is 4.79 Å². The Morgan fingerprint density at radius 3 is 3.00 bits per heavy atom. The fraction of sp³-hybridized carbons (Fsp3) is 0.417. The molecule has 1 atom stereocenters. The summed E-state index contributed by atoms with van der Waals surface area (Å²) in [5.41, 5.74) is 6.50. The first kappa shape index (κ1) is 12.5. The van der Waals surface area contributed by atoms with Gasteiger partial charge in [-0.2, -0.15) is 0 Å². The van der Waals surface area contributed by atoms with Crippen molar-refractivity contribution in [3.05, 3.63) is 23.8 Å². The topological polar surface area (TPSA) is 82.8 Å². The Bertz CT molecular complexity index is 436. The van der Waals surface area contributed by atoms with Crippen molar-refractivity contribution in [1.29, 1.82) is 0 Å². The summed E-state index contributed by atoms with van der Waals surface area (Å²) in [6.45, 7) is 1.13. The molecule has 1 aromatic rings. The lowest BCUT2D eigenvalue weighted by Gasteiger charge is -2.14. The van der Waals surface area contributed by atoms with E-state index in [0.717, 1.165) is 11.3 Å². The van der Waals surface area contributed by atoms with Crippen LogP contribution in [-0.2, 0) is 11.3 Å². The highest BCUT2D eigenvalue weighted by Gasteiger charge is 2.23. The fourth-order valence-corrected chi connectivity index (χ4v) is 1.69. The van der Waals surface area contributed by atoms with E-state index in [1.165, 1.54) is 0 Å². The number of nitrogens with two attached hydrogens (primary N) is 1. The maximum Gasteiger partial charge on any atom is 0.407 e. The average molecular weight is 252 g/mol. The van der Waals surface area contributed by atoms with Crippen LogP contribution in [-0.4, -0.2) is 32.5 Å². The van der Waals surface area contributed by atoms with Gasteiger partial charge in [-0.25, -0.2) is 4.79 Å². The number of alkyl carbamates (subject to hydrolysis) is 1. The van der Waals surface area contributed by atoms with Gasteiger partial charge in [-0.15, -0.1) is 0 Å². The summed E-state index contributed by atoms with van der Waals surface area (Å²) in [7, 11) is 1.60. The van der Waals surface area contributed by atoms with Crippen molar-refractivity contribution in [3.8, 4) is 11.5 Å². The van der Waals surface area contributed by atoms with Crippen molar-refractivity contribution in [2.45, 2.75) is 12.6 Å². The summed E-state index contributed by atoms with van der Waals surface area (Å²) in [5.74, 6) is 1.41. The third-order valence-corrected chi connectivity index (χ3v) is 2.66. The van der Waals surface area contributed by atoms with Crippen LogP contribution in [0.5, 0.6) is 11.5 Å². The van der Waals surface area contributed by atoms with Gasteiger partial charge in [0.2, 0.25) is 0 Å². The lowest BCUT2D eigenvalue weighted by Crippen LogP contribution is -2.22. The SMILES string of the molecule is COc1ccc(OCC2CNC(=O)O2)c(CN)c1. The number of cyclic esters (lactones) is 1. The van der Waals surface area contributed by atoms with E-state index >= 15 is 0 Å². The van der Waals surface area contributed by atoms with Gasteiger partial charge in [-0.3, -0.25) is 0 Å². The molecule has 2 rings (SSSR count). The number of benzene rings is 1. The minimum Gasteiger partial charge on any atom is -0.497 e. The molecule has 1 aliphatic rings. The molecular weight excluding hydrogens is 236 g/mol. The average Bonchev–Trinajstić information content (AvgIpc) is 2.82. The monoisotopic (exact) mass is 252 g/mol. The standard InChI is InChI=1S/C12H16N2O4/c1-16-9-2-3-11(8(4-9)5-13)17-7-10-6-14-12(15)18-10/h2-4,10H,5-7,13H2,1H3,(H,14,15). The first-order valence-electron chi connectivity index (χ1n) is 5.67. The van der Waals surface area contributed by atoms with E-state index in [2.05, 4.69) is 5.32 Å². The minimum atomic E-state index is -0.405. The van der Waals surface area contributed by atoms with Gasteiger partial charge in [0.1, 0.15) is 18.1 Å². The summed E-state index contributed by atoms with van der Waals surface area (Å²) in [4.78, 5) is 10.8. The molecule has 98 valence electrons. The first-order chi connectivity index (χ1) is 8.72. The van der Waals surface area contributed by atoms with Gasteiger partial charge in [0.25, 0.3) is 0 Å². The molecule has 1 heterocycles. The molecule has 1 aliphatic heterocycles. The summed E-state index contributed by atoms with van der Waals surface area (Å²) in [5, 5.41) is 2.57. The van der Waals surface area contributed by atoms with Crippen molar-refractivity contribution < 1.29 is 19.0 Å². The second-order valence-corrected chi connectivity index (χ2v) is 3.90. The van der Waals surface area contributed by atoms with E-state index in [1.54, 1.807) is 19.2 Å². The predicted molar refractivity (Wildman–Crippen MR) is 64.7 cm³/mol. The van der Waals surface area contributed by atoms with Gasteiger partial charge in [-0.1, -0.05) is 0 Å². The Hall–Kier alpha value is -1.95. The Morgan fingerprint density at radius 1 is 1.56 bits per heavy atom. The highest BCUT2D eigenvalue weighted by molar-refractivity contribution is 5.69. The second kappa shape index (κ2) is 5.59. The molecule has 6 nitrogen and oxygen atoms in total. The number of amides is 1. The van der Waals surface area contributed by atoms with Crippen LogP contribution in [0.1, 0.15) is 5.56 Å². The van der Waals surface area contributed by atoms with Crippen LogP contribution in [0.4, 0.5) is 4.79 Å². The highest BCUT2D eigenvalue weighted by Crippen LogP contribution is 2.24. The van der Waals surface area contributed by atoms with E-state index in [4.69, 9.17) is 19.9 Å². The van der Waals surface area contributed by atoms with E-state index in [0.29, 0.717) is 25.4 Å². The molecule has 6 heteroatoms. The maximum atomic E-state index is 10.8. The summed E-state index contributed by atoms with van der Waals surface area (Å²) >= 11 is 0. The molecule has 0 spiro atoms. The van der Waals surface area contributed by atoms with Crippen molar-refractivity contribution >= 4 is 6.09 Å². The second-order valence-electron chi connectivity index (χ2n) is 3.90. The maximum absolute atomic E-state index is 10.8. The number of nitrogens with one attached hydrogen (secondary N) is 1. The largest absolute Gasteiger partial charge is 0.497 e. The van der Waals surface area contributed by atoms with Crippen LogP contribution in [0.2, 0.25) is 0 Å². The van der Waals surface area contributed by atoms with Gasteiger partial charge in [0.15, 0.2) is 6.10 Å². The van der Waals surface area contributed by atoms with Crippen molar-refractivity contribution in [3.63, 3.8) is 0 Å². The van der Waals surface area contributed by atoms with Gasteiger partial charge >= 0.3 is 6.09 Å². The van der Waals surface area contributed by atoms with Gasteiger partial charge in [0.05, 0.1) is 13.7 Å². The van der Waals surface area contributed by atoms with Gasteiger partial charge in [0, 0.05) is 12.1 Å². The Kier molecular flexibility index (Phi) is 3.88. The van der Waals surface area contributed by atoms with Crippen molar-refractivity contribution in [2.24, 2.45) is 5.73 Å². The molecule has 0 aliphatic carbocycles. The minimum absolute atomic E-state index is 0.259. The number of hydrogen-bond donors (Lipinski definition) is 2. The smallest absolute Gasteiger partial charge is 0.407 e. The Labute approximate surface area is 105 Å². The van der Waals surface area contributed by atoms with Crippen LogP contribution >= 0.6 is 0 Å². The normalized spacial score (nSPS) is 18.1. The number of rotatable bonds is 5. The quantitative estimate of drug-likeness (QED) is 0.803. The molecule has 18 heavy (non-hydrogen) atoms. The number of methoxy groups -OCH3 is 1. The number of hydrogen-bond acceptors (Lipinski definition) is 5. The first-order valence-corrected chi connectivity index (χ1v) is 5.67. The van der Waals surface area contributed by atoms with Gasteiger partial charge in [-0.05, 0) is 18.2 Å². The van der Waals surface area contributed by atoms with Gasteiger partial charge < -0.3 is 25.3 Å². The highest BCUT2D eigenvalue weighted by atomic mass is 16.6. The molecule has 1 unspecified atom stereocenters. The summed E-state index contributed by atoms with van der Waals surface area (Å²) < 4.78 is 15.7. The third-order valence-electron chi connectivity index (χ3n) is 2.66. The Balaban J connectivity index is 1.98. The molecule has 0 bridgehead atoms. The summed E-state index contributed by atoms with van der Waals surface area (Å²) in [6, 6.07) is 5.42. The zero-order valence-electron chi connectivity index (χ0n) is 10.1. The molecule has 1 saturated heterocycles. The summed E-state index contributed by atoms with van der Waals surface area (Å²) in [6.07, 6.45) is -0.664. The molecule has 0 saturated carbocycles. The molecular formula is C12H16N2O4. The molecule has 3 N–H and O–H groups in total. The van der Waals surface area contributed by atoms with Crippen LogP contribution < -0.4 is 20.5 Å². The zero-order valence-corrected chi connectivity index (χ0v) is 10.1. The van der Waals surface area contributed by atoms with Crippen molar-refractivity contribution in [1.82, 2.24) is 5.32 Å². The van der Waals surface area contributed by atoms with E-state index in [1.807, 2.05) is 6.07 Å². The predicted octanol–water partition coefficient (Wildman–Crippen LogP) is 0.641. The lowest BCUT2D eigenvalue weighted by atomic mass is 10.2. The van der Waals surface area contributed by atoms with Crippen LogP contribution in [0.25, 0.3) is 0 Å². The third kappa shape index (κ3) is 2.84. The number of carbonyl (C=O) groups excluding carboxylic acids is 1. The molecule has 1 fully saturated rings. The van der Waals surface area contributed by atoms with E-state index in [-0.39, 0.29) is 6.10 Å². The fourth-order valence-electron chi connectivity index (χ4n) is 1.69. The molecule has 0 aromatic heterocycles.